The summed E-state index contributed by atoms with van der Waals surface area (Å²) in [6, 6.07) is 3.02. The van der Waals surface area contributed by atoms with Crippen molar-refractivity contribution in [2.45, 2.75) is 39.4 Å². The van der Waals surface area contributed by atoms with Gasteiger partial charge < -0.3 is 19.7 Å². The summed E-state index contributed by atoms with van der Waals surface area (Å²) in [5.74, 6) is 0.222. The molecule has 2 rings (SSSR count). The molecule has 0 radical (unpaired) electrons. The molecule has 1 N–H and O–H groups in total. The minimum Gasteiger partial charge on any atom is -0.468 e. The number of nitrogens with zero attached hydrogens (tertiary/aromatic N) is 3. The fourth-order valence-electron chi connectivity index (χ4n) is 2.96. The summed E-state index contributed by atoms with van der Waals surface area (Å²) in [4.78, 5) is 22.5. The summed E-state index contributed by atoms with van der Waals surface area (Å²) in [7, 11) is 0. The molecule has 0 aromatic carbocycles. The molecule has 1 aliphatic rings. The molecule has 1 aliphatic heterocycles. The zero-order valence-electron chi connectivity index (χ0n) is 16.7. The maximum Gasteiger partial charge on any atom is 0.422 e. The van der Waals surface area contributed by atoms with Gasteiger partial charge in [-0.15, -0.1) is 0 Å². The first-order valence-corrected chi connectivity index (χ1v) is 9.66. The molecule has 0 amide bonds. The first-order chi connectivity index (χ1) is 13.8. The quantitative estimate of drug-likeness (QED) is 0.419. The fourth-order valence-corrected chi connectivity index (χ4v) is 2.96. The molecule has 1 saturated heterocycles. The largest absolute Gasteiger partial charge is 0.468 e. The number of ether oxygens (including phenoxy) is 2. The first kappa shape index (κ1) is 22.8. The Morgan fingerprint density at radius 2 is 2.17 bits per heavy atom. The molecule has 1 aromatic rings. The molecule has 1 unspecified atom stereocenters. The third-order valence-corrected chi connectivity index (χ3v) is 4.27. The highest BCUT2D eigenvalue weighted by Gasteiger charge is 2.29. The number of carbonyl (C=O) groups excluding carboxylic acids is 1. The van der Waals surface area contributed by atoms with Crippen LogP contribution in [0.3, 0.4) is 0 Å². The van der Waals surface area contributed by atoms with Crippen molar-refractivity contribution in [2.24, 2.45) is 10.9 Å². The van der Waals surface area contributed by atoms with Crippen LogP contribution in [0.25, 0.3) is 0 Å². The van der Waals surface area contributed by atoms with E-state index in [1.54, 1.807) is 13.0 Å². The molecule has 0 aliphatic carbocycles. The Morgan fingerprint density at radius 3 is 2.79 bits per heavy atom. The van der Waals surface area contributed by atoms with E-state index in [0.29, 0.717) is 32.2 Å². The number of aromatic nitrogens is 1. The Bertz CT molecular complexity index is 680. The van der Waals surface area contributed by atoms with Crippen LogP contribution in [0.5, 0.6) is 5.88 Å². The van der Waals surface area contributed by atoms with Crippen molar-refractivity contribution in [3.8, 4) is 5.88 Å². The van der Waals surface area contributed by atoms with Crippen LogP contribution in [0.2, 0.25) is 0 Å². The van der Waals surface area contributed by atoms with Crippen molar-refractivity contribution in [1.29, 1.82) is 0 Å². The number of guanidine groups is 1. The highest BCUT2D eigenvalue weighted by molar-refractivity contribution is 5.81. The summed E-state index contributed by atoms with van der Waals surface area (Å²) in [6.07, 6.45) is -1.31. The molecule has 1 fully saturated rings. The van der Waals surface area contributed by atoms with Crippen LogP contribution in [0.4, 0.5) is 13.2 Å². The minimum atomic E-state index is -4.40. The van der Waals surface area contributed by atoms with E-state index in [2.05, 4.69) is 20.0 Å². The zero-order chi connectivity index (χ0) is 21.3. The van der Waals surface area contributed by atoms with E-state index in [4.69, 9.17) is 4.74 Å². The minimum absolute atomic E-state index is 0.0877. The lowest BCUT2D eigenvalue weighted by Crippen LogP contribution is -2.48. The SMILES string of the molecule is CCNC(=NCc1ccc(OCC(F)(F)F)nc1)N1CCCC(C(=O)OCC)C1. The molecule has 2 heterocycles. The average molecular weight is 416 g/mol. The summed E-state index contributed by atoms with van der Waals surface area (Å²) in [5.41, 5.74) is 0.735. The monoisotopic (exact) mass is 416 g/mol. The smallest absolute Gasteiger partial charge is 0.422 e. The second kappa shape index (κ2) is 10.9. The van der Waals surface area contributed by atoms with Gasteiger partial charge in [0.15, 0.2) is 12.6 Å². The lowest BCUT2D eigenvalue weighted by atomic mass is 9.98. The van der Waals surface area contributed by atoms with Crippen LogP contribution in [-0.4, -0.2) is 60.8 Å². The number of esters is 1. The molecule has 162 valence electrons. The number of carbonyl (C=O) groups is 1. The Morgan fingerprint density at radius 1 is 1.38 bits per heavy atom. The van der Waals surface area contributed by atoms with Crippen molar-refractivity contribution in [2.75, 3.05) is 32.8 Å². The number of aliphatic imine (C=N–C) groups is 1. The van der Waals surface area contributed by atoms with Crippen molar-refractivity contribution in [3.05, 3.63) is 23.9 Å². The molecular weight excluding hydrogens is 389 g/mol. The molecule has 1 atom stereocenters. The van der Waals surface area contributed by atoms with Crippen LogP contribution >= 0.6 is 0 Å². The van der Waals surface area contributed by atoms with E-state index in [1.807, 2.05) is 11.8 Å². The third-order valence-electron chi connectivity index (χ3n) is 4.27. The number of halogens is 3. The van der Waals surface area contributed by atoms with E-state index in [-0.39, 0.29) is 17.8 Å². The number of piperidine rings is 1. The van der Waals surface area contributed by atoms with Gasteiger partial charge in [0.1, 0.15) is 0 Å². The molecule has 0 spiro atoms. The maximum atomic E-state index is 12.2. The predicted octanol–water partition coefficient (Wildman–Crippen LogP) is 2.76. The summed E-state index contributed by atoms with van der Waals surface area (Å²) >= 11 is 0. The van der Waals surface area contributed by atoms with Gasteiger partial charge in [0.25, 0.3) is 0 Å². The second-order valence-electron chi connectivity index (χ2n) is 6.62. The molecule has 29 heavy (non-hydrogen) atoms. The Kier molecular flexibility index (Phi) is 8.53. The number of nitrogens with one attached hydrogen (secondary N) is 1. The van der Waals surface area contributed by atoms with Crippen LogP contribution in [0.15, 0.2) is 23.3 Å². The van der Waals surface area contributed by atoms with Gasteiger partial charge in [-0.1, -0.05) is 6.07 Å². The van der Waals surface area contributed by atoms with Crippen LogP contribution in [0, 0.1) is 5.92 Å². The van der Waals surface area contributed by atoms with Gasteiger partial charge >= 0.3 is 12.1 Å². The van der Waals surface area contributed by atoms with Crippen LogP contribution in [0.1, 0.15) is 32.3 Å². The Hall–Kier alpha value is -2.52. The van der Waals surface area contributed by atoms with Gasteiger partial charge in [-0.2, -0.15) is 13.2 Å². The number of hydrogen-bond donors (Lipinski definition) is 1. The van der Waals surface area contributed by atoms with Gasteiger partial charge in [-0.05, 0) is 32.3 Å². The van der Waals surface area contributed by atoms with Crippen LogP contribution < -0.4 is 10.1 Å². The van der Waals surface area contributed by atoms with Gasteiger partial charge in [0.05, 0.1) is 19.1 Å². The predicted molar refractivity (Wildman–Crippen MR) is 102 cm³/mol. The number of alkyl halides is 3. The summed E-state index contributed by atoms with van der Waals surface area (Å²) in [6.45, 7) is 5.01. The lowest BCUT2D eigenvalue weighted by molar-refractivity contribution is -0.154. The lowest BCUT2D eigenvalue weighted by Gasteiger charge is -2.34. The van der Waals surface area contributed by atoms with Gasteiger partial charge in [-0.3, -0.25) is 4.79 Å². The molecule has 1 aromatic heterocycles. The molecule has 0 saturated carbocycles. The summed E-state index contributed by atoms with van der Waals surface area (Å²) in [5, 5.41) is 3.22. The van der Waals surface area contributed by atoms with Gasteiger partial charge in [0, 0.05) is 31.9 Å². The summed E-state index contributed by atoms with van der Waals surface area (Å²) < 4.78 is 46.3. The van der Waals surface area contributed by atoms with E-state index < -0.39 is 12.8 Å². The normalized spacial score (nSPS) is 17.8. The molecule has 10 heteroatoms. The standard InChI is InChI=1S/C19H27F3N4O3/c1-3-23-18(26-9-5-6-15(12-26)17(27)28-4-2)25-11-14-7-8-16(24-10-14)29-13-19(20,21)22/h7-8,10,15H,3-6,9,11-13H2,1-2H3,(H,23,25). The van der Waals surface area contributed by atoms with Crippen molar-refractivity contribution in [3.63, 3.8) is 0 Å². The average Bonchev–Trinajstić information content (AvgIpc) is 2.70. The van der Waals surface area contributed by atoms with E-state index >= 15 is 0 Å². The number of hydrogen-bond acceptors (Lipinski definition) is 5. The number of rotatable bonds is 7. The van der Waals surface area contributed by atoms with Crippen molar-refractivity contribution in [1.82, 2.24) is 15.2 Å². The molecular formula is C19H27F3N4O3. The van der Waals surface area contributed by atoms with Crippen molar-refractivity contribution < 1.29 is 27.4 Å². The van der Waals surface area contributed by atoms with Gasteiger partial charge in [0.2, 0.25) is 5.88 Å². The van der Waals surface area contributed by atoms with E-state index in [0.717, 1.165) is 24.9 Å². The van der Waals surface area contributed by atoms with Gasteiger partial charge in [-0.25, -0.2) is 9.98 Å². The highest BCUT2D eigenvalue weighted by atomic mass is 19.4. The van der Waals surface area contributed by atoms with E-state index in [1.165, 1.54) is 12.3 Å². The first-order valence-electron chi connectivity index (χ1n) is 9.66. The Balaban J connectivity index is 1.98. The number of pyridine rings is 1. The fraction of sp³-hybridized carbons (Fsp3) is 0.632. The molecule has 0 bridgehead atoms. The van der Waals surface area contributed by atoms with E-state index in [9.17, 15) is 18.0 Å². The van der Waals surface area contributed by atoms with Crippen LogP contribution in [-0.2, 0) is 16.1 Å². The zero-order valence-corrected chi connectivity index (χ0v) is 16.7. The molecule has 7 nitrogen and oxygen atoms in total. The number of likely N-dealkylation sites (tertiary alicyclic amines) is 1. The maximum absolute atomic E-state index is 12.2. The second-order valence-corrected chi connectivity index (χ2v) is 6.62. The topological polar surface area (TPSA) is 76.1 Å². The Labute approximate surface area is 168 Å². The third kappa shape index (κ3) is 7.78. The van der Waals surface area contributed by atoms with Crippen molar-refractivity contribution >= 4 is 11.9 Å². The highest BCUT2D eigenvalue weighted by Crippen LogP contribution is 2.19.